The smallest absolute Gasteiger partial charge is 0.337 e. The molecule has 0 aromatic heterocycles. The van der Waals surface area contributed by atoms with Crippen LogP contribution in [0, 0.1) is 0 Å². The zero-order chi connectivity index (χ0) is 12.1. The molecule has 1 aromatic rings. The summed E-state index contributed by atoms with van der Waals surface area (Å²) in [6, 6.07) is 4.59. The van der Waals surface area contributed by atoms with Crippen LogP contribution in [0.4, 0.5) is 0 Å². The highest BCUT2D eigenvalue weighted by atomic mass is 16.5. The van der Waals surface area contributed by atoms with Crippen molar-refractivity contribution < 1.29 is 24.5 Å². The van der Waals surface area contributed by atoms with Crippen molar-refractivity contribution in [3.63, 3.8) is 0 Å². The van der Waals surface area contributed by atoms with E-state index in [1.807, 2.05) is 0 Å². The number of carbonyl (C=O) groups excluding carboxylic acids is 1. The standard InChI is InChI=1S/C10H11NO5/c11-9(10(14)15)6-1-3-7(4-2-6)16-8(13)5-12/h1-4,9,12H,5,11H2,(H,14,15). The Labute approximate surface area is 91.3 Å². The minimum Gasteiger partial charge on any atom is -0.480 e. The molecule has 0 amide bonds. The van der Waals surface area contributed by atoms with E-state index in [-0.39, 0.29) is 5.75 Å². The van der Waals surface area contributed by atoms with Crippen molar-refractivity contribution in [1.82, 2.24) is 0 Å². The molecule has 6 heteroatoms. The van der Waals surface area contributed by atoms with Crippen molar-refractivity contribution in [2.24, 2.45) is 5.73 Å². The Morgan fingerprint density at radius 1 is 1.31 bits per heavy atom. The predicted molar refractivity (Wildman–Crippen MR) is 53.7 cm³/mol. The Hall–Kier alpha value is -1.92. The number of hydrogen-bond acceptors (Lipinski definition) is 5. The fourth-order valence-electron chi connectivity index (χ4n) is 1.05. The van der Waals surface area contributed by atoms with Gasteiger partial charge in [-0.15, -0.1) is 0 Å². The number of aliphatic hydroxyl groups is 1. The molecule has 0 aliphatic carbocycles. The summed E-state index contributed by atoms with van der Waals surface area (Å²) in [4.78, 5) is 21.3. The molecule has 4 N–H and O–H groups in total. The minimum absolute atomic E-state index is 0.223. The lowest BCUT2D eigenvalue weighted by Gasteiger charge is -2.07. The molecule has 0 radical (unpaired) electrons. The number of ether oxygens (including phenoxy) is 1. The molecule has 0 aliphatic rings. The molecule has 0 fully saturated rings. The molecular weight excluding hydrogens is 214 g/mol. The first-order valence-corrected chi connectivity index (χ1v) is 4.44. The molecular formula is C10H11NO5. The topological polar surface area (TPSA) is 110 Å². The van der Waals surface area contributed by atoms with Crippen LogP contribution in [-0.2, 0) is 9.59 Å². The third-order valence-electron chi connectivity index (χ3n) is 1.87. The molecule has 0 aliphatic heterocycles. The highest BCUT2D eigenvalue weighted by molar-refractivity contribution is 5.75. The van der Waals surface area contributed by atoms with Crippen molar-refractivity contribution in [2.75, 3.05) is 6.61 Å². The van der Waals surface area contributed by atoms with Crippen LogP contribution < -0.4 is 10.5 Å². The lowest BCUT2D eigenvalue weighted by atomic mass is 10.1. The summed E-state index contributed by atoms with van der Waals surface area (Å²) >= 11 is 0. The van der Waals surface area contributed by atoms with E-state index in [0.717, 1.165) is 0 Å². The number of benzene rings is 1. The highest BCUT2D eigenvalue weighted by Crippen LogP contribution is 2.16. The Bertz CT molecular complexity index is 387. The third kappa shape index (κ3) is 3.04. The van der Waals surface area contributed by atoms with E-state index in [1.165, 1.54) is 24.3 Å². The van der Waals surface area contributed by atoms with Gasteiger partial charge in [0.1, 0.15) is 18.4 Å². The van der Waals surface area contributed by atoms with Crippen LogP contribution >= 0.6 is 0 Å². The van der Waals surface area contributed by atoms with Crippen LogP contribution in [0.15, 0.2) is 24.3 Å². The first-order valence-electron chi connectivity index (χ1n) is 4.44. The number of aliphatic hydroxyl groups excluding tert-OH is 1. The first kappa shape index (κ1) is 12.2. The molecule has 1 aromatic carbocycles. The number of esters is 1. The fourth-order valence-corrected chi connectivity index (χ4v) is 1.05. The Kier molecular flexibility index (Phi) is 3.98. The first-order chi connectivity index (χ1) is 7.54. The average Bonchev–Trinajstić information content (AvgIpc) is 2.28. The van der Waals surface area contributed by atoms with E-state index in [9.17, 15) is 9.59 Å². The molecule has 6 nitrogen and oxygen atoms in total. The van der Waals surface area contributed by atoms with Gasteiger partial charge in [0.2, 0.25) is 0 Å². The van der Waals surface area contributed by atoms with E-state index >= 15 is 0 Å². The van der Waals surface area contributed by atoms with Gasteiger partial charge in [0.25, 0.3) is 0 Å². The Balaban J connectivity index is 2.75. The van der Waals surface area contributed by atoms with E-state index in [4.69, 9.17) is 15.9 Å². The SMILES string of the molecule is NC(C(=O)O)c1ccc(OC(=O)CO)cc1. The lowest BCUT2D eigenvalue weighted by Crippen LogP contribution is -2.20. The molecule has 1 atom stereocenters. The summed E-state index contributed by atoms with van der Waals surface area (Å²) in [5, 5.41) is 17.1. The van der Waals surface area contributed by atoms with Crippen molar-refractivity contribution in [3.8, 4) is 5.75 Å². The van der Waals surface area contributed by atoms with E-state index in [2.05, 4.69) is 4.74 Å². The second kappa shape index (κ2) is 5.24. The van der Waals surface area contributed by atoms with Crippen molar-refractivity contribution in [1.29, 1.82) is 0 Å². The summed E-state index contributed by atoms with van der Waals surface area (Å²) in [5.41, 5.74) is 5.77. The van der Waals surface area contributed by atoms with Crippen LogP contribution in [0.3, 0.4) is 0 Å². The van der Waals surface area contributed by atoms with E-state index < -0.39 is 24.6 Å². The van der Waals surface area contributed by atoms with Gasteiger partial charge in [0.05, 0.1) is 0 Å². The molecule has 0 saturated heterocycles. The molecule has 1 rings (SSSR count). The van der Waals surface area contributed by atoms with Gasteiger partial charge >= 0.3 is 11.9 Å². The zero-order valence-electron chi connectivity index (χ0n) is 8.29. The van der Waals surface area contributed by atoms with E-state index in [0.29, 0.717) is 5.56 Å². The largest absolute Gasteiger partial charge is 0.480 e. The Morgan fingerprint density at radius 3 is 2.31 bits per heavy atom. The molecule has 1 unspecified atom stereocenters. The monoisotopic (exact) mass is 225 g/mol. The quantitative estimate of drug-likeness (QED) is 0.478. The minimum atomic E-state index is -1.14. The van der Waals surface area contributed by atoms with E-state index in [1.54, 1.807) is 0 Å². The van der Waals surface area contributed by atoms with Gasteiger partial charge < -0.3 is 20.7 Å². The molecule has 0 bridgehead atoms. The number of rotatable bonds is 4. The van der Waals surface area contributed by atoms with Gasteiger partial charge in [-0.3, -0.25) is 4.79 Å². The Morgan fingerprint density at radius 2 is 1.88 bits per heavy atom. The van der Waals surface area contributed by atoms with Gasteiger partial charge in [-0.2, -0.15) is 0 Å². The number of aliphatic carboxylic acids is 1. The molecule has 16 heavy (non-hydrogen) atoms. The summed E-state index contributed by atoms with van der Waals surface area (Å²) in [5.74, 6) is -1.70. The zero-order valence-corrected chi connectivity index (χ0v) is 8.29. The summed E-state index contributed by atoms with van der Waals surface area (Å²) in [6.45, 7) is -0.712. The number of carboxylic acid groups (broad SMARTS) is 1. The van der Waals surface area contributed by atoms with Crippen molar-refractivity contribution in [3.05, 3.63) is 29.8 Å². The van der Waals surface area contributed by atoms with Crippen LogP contribution in [0.2, 0.25) is 0 Å². The van der Waals surface area contributed by atoms with Gasteiger partial charge in [0, 0.05) is 0 Å². The highest BCUT2D eigenvalue weighted by Gasteiger charge is 2.14. The number of carboxylic acids is 1. The molecule has 86 valence electrons. The van der Waals surface area contributed by atoms with Crippen molar-refractivity contribution in [2.45, 2.75) is 6.04 Å². The van der Waals surface area contributed by atoms with Crippen LogP contribution in [0.25, 0.3) is 0 Å². The van der Waals surface area contributed by atoms with Crippen LogP contribution in [-0.4, -0.2) is 28.8 Å². The molecule has 0 heterocycles. The maximum absolute atomic E-state index is 10.7. The predicted octanol–water partition coefficient (Wildman–Crippen LogP) is -0.331. The maximum Gasteiger partial charge on any atom is 0.337 e. The van der Waals surface area contributed by atoms with Crippen LogP contribution in [0.5, 0.6) is 5.75 Å². The van der Waals surface area contributed by atoms with Gasteiger partial charge in [0.15, 0.2) is 0 Å². The fraction of sp³-hybridized carbons (Fsp3) is 0.200. The maximum atomic E-state index is 10.7. The number of carbonyl (C=O) groups is 2. The van der Waals surface area contributed by atoms with Gasteiger partial charge in [-0.05, 0) is 17.7 Å². The average molecular weight is 225 g/mol. The summed E-state index contributed by atoms with van der Waals surface area (Å²) in [6.07, 6.45) is 0. The lowest BCUT2D eigenvalue weighted by molar-refractivity contribution is -0.139. The molecule has 0 saturated carbocycles. The second-order valence-corrected chi connectivity index (χ2v) is 3.02. The van der Waals surface area contributed by atoms with Crippen molar-refractivity contribution >= 4 is 11.9 Å². The normalized spacial score (nSPS) is 11.9. The van der Waals surface area contributed by atoms with Gasteiger partial charge in [-0.1, -0.05) is 12.1 Å². The van der Waals surface area contributed by atoms with Gasteiger partial charge in [-0.25, -0.2) is 4.79 Å². The number of hydrogen-bond donors (Lipinski definition) is 3. The summed E-state index contributed by atoms with van der Waals surface area (Å²) < 4.78 is 4.68. The second-order valence-electron chi connectivity index (χ2n) is 3.02. The third-order valence-corrected chi connectivity index (χ3v) is 1.87. The van der Waals surface area contributed by atoms with Crippen LogP contribution in [0.1, 0.15) is 11.6 Å². The summed E-state index contributed by atoms with van der Waals surface area (Å²) in [7, 11) is 0. The molecule has 0 spiro atoms. The number of nitrogens with two attached hydrogens (primary N) is 1.